The van der Waals surface area contributed by atoms with E-state index in [2.05, 4.69) is 15.6 Å². The highest BCUT2D eigenvalue weighted by molar-refractivity contribution is 5.68. The minimum atomic E-state index is -0.655. The smallest absolute Gasteiger partial charge is 0.407 e. The van der Waals surface area contributed by atoms with E-state index in [1.165, 1.54) is 0 Å². The molecular weight excluding hydrogens is 739 g/mol. The summed E-state index contributed by atoms with van der Waals surface area (Å²) in [5, 5.41) is 5.69. The van der Waals surface area contributed by atoms with Crippen LogP contribution in [0.5, 0.6) is 23.0 Å². The van der Waals surface area contributed by atoms with Crippen LogP contribution in [0.1, 0.15) is 22.3 Å². The topological polar surface area (TPSA) is 133 Å². The molecule has 58 heavy (non-hydrogen) atoms. The van der Waals surface area contributed by atoms with Crippen LogP contribution in [0.25, 0.3) is 0 Å². The van der Waals surface area contributed by atoms with Gasteiger partial charge in [-0.25, -0.2) is 9.59 Å². The molecular formula is C45H53N5O8. The molecule has 306 valence electrons. The van der Waals surface area contributed by atoms with Crippen molar-refractivity contribution >= 4 is 23.6 Å². The monoisotopic (exact) mass is 791 g/mol. The molecule has 5 rings (SSSR count). The first-order valence-electron chi connectivity index (χ1n) is 18.9. The van der Waals surface area contributed by atoms with Crippen molar-refractivity contribution in [2.45, 2.75) is 38.1 Å². The number of amides is 2. The van der Waals surface area contributed by atoms with Gasteiger partial charge in [0.05, 0.1) is 26.6 Å². The fourth-order valence-electron chi connectivity index (χ4n) is 5.89. The molecule has 2 amide bonds. The lowest BCUT2D eigenvalue weighted by Crippen LogP contribution is -2.33. The van der Waals surface area contributed by atoms with Crippen LogP contribution in [-0.2, 0) is 35.4 Å². The Hall–Kier alpha value is -6.63. The Morgan fingerprint density at radius 3 is 1.34 bits per heavy atom. The van der Waals surface area contributed by atoms with Crippen LogP contribution in [0.2, 0.25) is 0 Å². The molecule has 0 aliphatic carbocycles. The quantitative estimate of drug-likeness (QED) is 0.0840. The lowest BCUT2D eigenvalue weighted by molar-refractivity contribution is 0.0631. The number of nitrogens with one attached hydrogen (secondary N) is 2. The molecule has 0 saturated heterocycles. The number of aromatic nitrogens is 1. The number of carbonyl (C=O) groups excluding carboxylic acids is 2. The molecule has 1 aromatic heterocycles. The van der Waals surface area contributed by atoms with E-state index in [9.17, 15) is 9.59 Å². The van der Waals surface area contributed by atoms with Crippen molar-refractivity contribution in [1.82, 2.24) is 15.6 Å². The first-order valence-corrected chi connectivity index (χ1v) is 18.9. The van der Waals surface area contributed by atoms with E-state index >= 15 is 0 Å². The highest BCUT2D eigenvalue weighted by Crippen LogP contribution is 2.22. The van der Waals surface area contributed by atoms with Gasteiger partial charge in [0.25, 0.3) is 0 Å². The van der Waals surface area contributed by atoms with Gasteiger partial charge in [-0.1, -0.05) is 48.5 Å². The number of carbonyl (C=O) groups is 2. The maximum absolute atomic E-state index is 13.0. The zero-order valence-corrected chi connectivity index (χ0v) is 34.0. The molecule has 13 nitrogen and oxygen atoms in total. The average Bonchev–Trinajstić information content (AvgIpc) is 3.23. The van der Waals surface area contributed by atoms with Crippen LogP contribution in [-0.4, -0.2) is 85.0 Å². The molecule has 0 aliphatic rings. The second-order valence-corrected chi connectivity index (χ2v) is 14.0. The highest BCUT2D eigenvalue weighted by atomic mass is 16.6. The van der Waals surface area contributed by atoms with Gasteiger partial charge in [0.15, 0.2) is 0 Å². The number of pyridine rings is 1. The number of nitrogens with zero attached hydrogens (tertiary/aromatic N) is 3. The zero-order chi connectivity index (χ0) is 41.3. The molecule has 0 radical (unpaired) electrons. The third-order valence-corrected chi connectivity index (χ3v) is 9.08. The van der Waals surface area contributed by atoms with Crippen molar-refractivity contribution in [3.8, 4) is 23.0 Å². The van der Waals surface area contributed by atoms with Gasteiger partial charge in [-0.2, -0.15) is 0 Å². The maximum atomic E-state index is 13.0. The van der Waals surface area contributed by atoms with Gasteiger partial charge < -0.3 is 48.9 Å². The van der Waals surface area contributed by atoms with E-state index < -0.39 is 24.4 Å². The summed E-state index contributed by atoms with van der Waals surface area (Å²) in [7, 11) is 11.1. The van der Waals surface area contributed by atoms with Crippen molar-refractivity contribution in [1.29, 1.82) is 0 Å². The second-order valence-electron chi connectivity index (χ2n) is 14.0. The molecule has 13 heteroatoms. The van der Waals surface area contributed by atoms with E-state index in [-0.39, 0.29) is 13.2 Å². The predicted molar refractivity (Wildman–Crippen MR) is 224 cm³/mol. The molecule has 2 unspecified atom stereocenters. The number of methoxy groups -OCH3 is 2. The fraction of sp³-hybridized carbons (Fsp3) is 0.311. The molecule has 0 aliphatic heterocycles. The minimum Gasteiger partial charge on any atom is -0.497 e. The van der Waals surface area contributed by atoms with Gasteiger partial charge in [0, 0.05) is 71.6 Å². The van der Waals surface area contributed by atoms with Gasteiger partial charge in [-0.15, -0.1) is 0 Å². The van der Waals surface area contributed by atoms with E-state index in [1.807, 2.05) is 135 Å². The van der Waals surface area contributed by atoms with Crippen LogP contribution in [0.3, 0.4) is 0 Å². The largest absolute Gasteiger partial charge is 0.497 e. The summed E-state index contributed by atoms with van der Waals surface area (Å²) in [6.07, 6.45) is 1.40. The number of alkyl carbamates (subject to hydrolysis) is 2. The van der Waals surface area contributed by atoms with Crippen molar-refractivity contribution in [3.63, 3.8) is 0 Å². The fourth-order valence-corrected chi connectivity index (χ4v) is 5.89. The van der Waals surface area contributed by atoms with Gasteiger partial charge >= 0.3 is 12.2 Å². The molecule has 0 bridgehead atoms. The van der Waals surface area contributed by atoms with Gasteiger partial charge in [0.1, 0.15) is 48.4 Å². The first kappa shape index (κ1) is 42.5. The van der Waals surface area contributed by atoms with E-state index in [1.54, 1.807) is 32.7 Å². The Kier molecular flexibility index (Phi) is 15.8. The molecule has 4 aromatic carbocycles. The van der Waals surface area contributed by atoms with E-state index in [0.29, 0.717) is 48.9 Å². The third-order valence-electron chi connectivity index (χ3n) is 9.08. The van der Waals surface area contributed by atoms with Crippen molar-refractivity contribution in [3.05, 3.63) is 138 Å². The lowest BCUT2D eigenvalue weighted by Gasteiger charge is -2.21. The van der Waals surface area contributed by atoms with Gasteiger partial charge in [0.2, 0.25) is 0 Å². The van der Waals surface area contributed by atoms with Crippen LogP contribution < -0.4 is 39.4 Å². The van der Waals surface area contributed by atoms with Gasteiger partial charge in [-0.05, 0) is 70.8 Å². The van der Waals surface area contributed by atoms with Crippen LogP contribution >= 0.6 is 0 Å². The Balaban J connectivity index is 1.21. The average molecular weight is 792 g/mol. The summed E-state index contributed by atoms with van der Waals surface area (Å²) in [6.45, 7) is 0.676. The summed E-state index contributed by atoms with van der Waals surface area (Å²) in [4.78, 5) is 34.4. The summed E-state index contributed by atoms with van der Waals surface area (Å²) < 4.78 is 34.8. The second kappa shape index (κ2) is 21.6. The minimum absolute atomic E-state index is 0.0346. The summed E-state index contributed by atoms with van der Waals surface area (Å²) in [5.41, 5.74) is 5.82. The number of benzene rings is 4. The SMILES string of the molecule is COc1cccc(CC(COc2cncc(OCC(Cc3cccc(OC)c3)OC(=O)NCc3ccc(N(C)C)cc3)c2)OC(=O)NCc2ccc(N(C)C)cc2)c1. The molecule has 2 N–H and O–H groups in total. The maximum Gasteiger partial charge on any atom is 0.407 e. The Labute approximate surface area is 340 Å². The summed E-state index contributed by atoms with van der Waals surface area (Å²) >= 11 is 0. The Bertz CT molecular complexity index is 1900. The highest BCUT2D eigenvalue weighted by Gasteiger charge is 2.20. The molecule has 1 heterocycles. The normalized spacial score (nSPS) is 11.7. The Morgan fingerprint density at radius 2 is 0.966 bits per heavy atom. The third kappa shape index (κ3) is 13.8. The number of anilines is 2. The summed E-state index contributed by atoms with van der Waals surface area (Å²) in [5.74, 6) is 2.19. The zero-order valence-electron chi connectivity index (χ0n) is 34.0. The molecule has 2 atom stereocenters. The van der Waals surface area contributed by atoms with Crippen LogP contribution in [0, 0.1) is 0 Å². The number of ether oxygens (including phenoxy) is 6. The van der Waals surface area contributed by atoms with Crippen LogP contribution in [0.4, 0.5) is 21.0 Å². The standard InChI is InChI=1S/C45H53N5O8/c1-49(2)36-17-13-32(14-18-36)26-47-44(51)57-42(23-34-9-7-11-38(21-34)53-5)30-55-40-25-41(29-46-28-40)56-31-43(24-35-10-8-12-39(22-35)54-6)58-45(52)48-27-33-15-19-37(20-16-33)50(3)4/h7-22,25,28-29,42-43H,23-24,26-27,30-31H2,1-6H3,(H,47,51)(H,48,52). The first-order chi connectivity index (χ1) is 28.1. The predicted octanol–water partition coefficient (Wildman–Crippen LogP) is 7.06. The van der Waals surface area contributed by atoms with Crippen molar-refractivity contribution in [2.24, 2.45) is 0 Å². The molecule has 0 spiro atoms. The number of hydrogen-bond donors (Lipinski definition) is 2. The lowest BCUT2D eigenvalue weighted by atomic mass is 10.1. The van der Waals surface area contributed by atoms with Crippen LogP contribution in [0.15, 0.2) is 116 Å². The number of hydrogen-bond acceptors (Lipinski definition) is 11. The molecule has 0 fully saturated rings. The van der Waals surface area contributed by atoms with E-state index in [0.717, 1.165) is 33.6 Å². The van der Waals surface area contributed by atoms with Crippen molar-refractivity contribution < 1.29 is 38.0 Å². The molecule has 0 saturated carbocycles. The Morgan fingerprint density at radius 1 is 0.552 bits per heavy atom. The van der Waals surface area contributed by atoms with E-state index in [4.69, 9.17) is 28.4 Å². The van der Waals surface area contributed by atoms with Crippen molar-refractivity contribution in [2.75, 3.05) is 65.4 Å². The van der Waals surface area contributed by atoms with Gasteiger partial charge in [-0.3, -0.25) is 4.98 Å². The summed E-state index contributed by atoms with van der Waals surface area (Å²) in [6, 6.07) is 32.6. The molecule has 5 aromatic rings. The number of rotatable bonds is 20.